The standard InChI is InChI=1S/C50H46NO2PSe/c1-48-37-50(55-43-33-19-8-20-34-43,49(2,46(48)52)45(39-25-11-4-12-26-39)44(48)38-23-9-3-10-24-38)47(53)51-35-21-22-36-54(40-27-13-5-14-28-40,41-29-15-6-16-30-41)42-31-17-7-18-32-42/h3-20,23-34H,21-22,35-37H2,1-2H3/p+1. The average Bonchev–Trinajstić information content (AvgIpc) is 3.53. The molecule has 1 saturated carbocycles. The third-order valence-corrected chi connectivity index (χ3v) is 19.9. The van der Waals surface area contributed by atoms with Crippen LogP contribution in [0.1, 0.15) is 44.2 Å². The SMILES string of the molecule is CC12CC([Se]c3ccccc3)(C(=O)NCCCC[P+](c3ccccc3)(c3ccccc3)c3ccccc3)C(C)(C1=O)C(c1ccccc1)=C2c1ccccc1. The molecule has 1 N–H and O–H groups in total. The van der Waals surface area contributed by atoms with Gasteiger partial charge in [-0.3, -0.25) is 0 Å². The van der Waals surface area contributed by atoms with E-state index in [0.29, 0.717) is 13.0 Å². The van der Waals surface area contributed by atoms with E-state index < -0.39 is 22.4 Å². The van der Waals surface area contributed by atoms with Gasteiger partial charge in [0, 0.05) is 0 Å². The first-order chi connectivity index (χ1) is 26.8. The van der Waals surface area contributed by atoms with Crippen molar-refractivity contribution >= 4 is 65.4 Å². The predicted molar refractivity (Wildman–Crippen MR) is 232 cm³/mol. The number of allylic oxidation sites excluding steroid dienone is 2. The minimum atomic E-state index is -1.97. The van der Waals surface area contributed by atoms with Gasteiger partial charge >= 0.3 is 334 Å². The first-order valence-corrected chi connectivity index (χ1v) is 23.0. The summed E-state index contributed by atoms with van der Waals surface area (Å²) in [5.74, 6) is 0.167. The molecule has 0 aromatic heterocycles. The van der Waals surface area contributed by atoms with Crippen molar-refractivity contribution in [3.8, 4) is 0 Å². The Bertz CT molecular complexity index is 2200. The molecule has 1 fully saturated rings. The Balaban J connectivity index is 1.13. The van der Waals surface area contributed by atoms with Crippen LogP contribution in [0.15, 0.2) is 182 Å². The maximum absolute atomic E-state index is 15.2. The average molecular weight is 804 g/mol. The molecule has 2 aliphatic rings. The number of fused-ring (bicyclic) bond motifs is 2. The molecular formula is C50H47NO2PSe+. The van der Waals surface area contributed by atoms with Crippen LogP contribution in [0.2, 0.25) is 4.31 Å². The van der Waals surface area contributed by atoms with Crippen LogP contribution in [0.3, 0.4) is 0 Å². The number of carbonyl (C=O) groups is 2. The van der Waals surface area contributed by atoms with Crippen molar-refractivity contribution in [1.82, 2.24) is 5.32 Å². The molecule has 5 heteroatoms. The maximum atomic E-state index is 15.2. The Hall–Kier alpha value is -4.85. The number of hydrogen-bond donors (Lipinski definition) is 1. The summed E-state index contributed by atoms with van der Waals surface area (Å²) in [7, 11) is -1.97. The first-order valence-electron chi connectivity index (χ1n) is 19.3. The minimum absolute atomic E-state index is 0.00621. The molecule has 2 bridgehead atoms. The van der Waals surface area contributed by atoms with Crippen LogP contribution < -0.4 is 25.7 Å². The number of benzene rings is 6. The van der Waals surface area contributed by atoms with Gasteiger partial charge in [0.15, 0.2) is 0 Å². The summed E-state index contributed by atoms with van der Waals surface area (Å²) in [5.41, 5.74) is 2.34. The molecule has 1 amide bonds. The predicted octanol–water partition coefficient (Wildman–Crippen LogP) is 8.68. The van der Waals surface area contributed by atoms with Crippen molar-refractivity contribution < 1.29 is 9.59 Å². The molecular weight excluding hydrogens is 756 g/mol. The third kappa shape index (κ3) is 6.26. The Kier molecular flexibility index (Phi) is 10.4. The van der Waals surface area contributed by atoms with Crippen LogP contribution in [0.5, 0.6) is 0 Å². The molecule has 6 aromatic rings. The van der Waals surface area contributed by atoms with Crippen molar-refractivity contribution in [2.24, 2.45) is 10.8 Å². The van der Waals surface area contributed by atoms with Crippen LogP contribution in [0.4, 0.5) is 0 Å². The van der Waals surface area contributed by atoms with Crippen LogP contribution in [-0.4, -0.2) is 39.4 Å². The van der Waals surface area contributed by atoms with Gasteiger partial charge < -0.3 is 0 Å². The van der Waals surface area contributed by atoms with E-state index in [2.05, 4.69) is 147 Å². The van der Waals surface area contributed by atoms with Crippen molar-refractivity contribution in [2.75, 3.05) is 12.7 Å². The van der Waals surface area contributed by atoms with Crippen LogP contribution in [0.25, 0.3) is 11.1 Å². The molecule has 0 spiro atoms. The molecule has 0 aliphatic heterocycles. The van der Waals surface area contributed by atoms with Crippen molar-refractivity contribution in [2.45, 2.75) is 37.4 Å². The molecule has 0 saturated heterocycles. The van der Waals surface area contributed by atoms with Crippen molar-refractivity contribution in [3.05, 3.63) is 193 Å². The number of carbonyl (C=O) groups excluding carboxylic acids is 2. The van der Waals surface area contributed by atoms with E-state index in [1.807, 2.05) is 54.6 Å². The molecule has 8 rings (SSSR count). The quantitative estimate of drug-likeness (QED) is 0.0723. The molecule has 3 nitrogen and oxygen atoms in total. The zero-order valence-corrected chi connectivity index (χ0v) is 34.1. The Labute approximate surface area is 332 Å². The van der Waals surface area contributed by atoms with Gasteiger partial charge in [-0.1, -0.05) is 0 Å². The Morgan fingerprint density at radius 2 is 1.00 bits per heavy atom. The van der Waals surface area contributed by atoms with E-state index in [0.717, 1.165) is 45.7 Å². The first kappa shape index (κ1) is 37.1. The van der Waals surface area contributed by atoms with Gasteiger partial charge in [0.25, 0.3) is 0 Å². The molecule has 55 heavy (non-hydrogen) atoms. The normalized spacial score (nSPS) is 21.8. The van der Waals surface area contributed by atoms with Gasteiger partial charge in [-0.25, -0.2) is 0 Å². The van der Waals surface area contributed by atoms with E-state index in [4.69, 9.17) is 0 Å². The molecule has 6 aromatic carbocycles. The number of ketones is 1. The molecule has 274 valence electrons. The van der Waals surface area contributed by atoms with Gasteiger partial charge in [-0.2, -0.15) is 0 Å². The molecule has 3 unspecified atom stereocenters. The van der Waals surface area contributed by atoms with Gasteiger partial charge in [-0.15, -0.1) is 0 Å². The third-order valence-electron chi connectivity index (χ3n) is 12.0. The number of rotatable bonds is 13. The van der Waals surface area contributed by atoms with Crippen LogP contribution >= 0.6 is 7.26 Å². The fourth-order valence-electron chi connectivity index (χ4n) is 9.52. The van der Waals surface area contributed by atoms with Crippen LogP contribution in [-0.2, 0) is 9.59 Å². The summed E-state index contributed by atoms with van der Waals surface area (Å²) in [5, 5.41) is 7.60. The number of hydrogen-bond acceptors (Lipinski definition) is 2. The zero-order valence-electron chi connectivity index (χ0n) is 31.5. The topological polar surface area (TPSA) is 46.2 Å². The fourth-order valence-corrected chi connectivity index (χ4v) is 17.3. The van der Waals surface area contributed by atoms with Crippen molar-refractivity contribution in [1.29, 1.82) is 0 Å². The van der Waals surface area contributed by atoms with E-state index in [1.165, 1.54) is 15.9 Å². The van der Waals surface area contributed by atoms with Crippen molar-refractivity contribution in [3.63, 3.8) is 0 Å². The molecule has 3 atom stereocenters. The summed E-state index contributed by atoms with van der Waals surface area (Å²) < 4.78 is 0.220. The summed E-state index contributed by atoms with van der Waals surface area (Å²) in [6.07, 6.45) is 3.27. The summed E-state index contributed by atoms with van der Waals surface area (Å²) in [4.78, 5) is 30.4. The summed E-state index contributed by atoms with van der Waals surface area (Å²) in [6, 6.07) is 64.0. The Morgan fingerprint density at radius 1 is 0.582 bits per heavy atom. The van der Waals surface area contributed by atoms with Crippen LogP contribution in [0, 0.1) is 10.8 Å². The number of amides is 1. The van der Waals surface area contributed by atoms with E-state index in [9.17, 15) is 0 Å². The number of Topliss-reactive ketones (excluding diaryl/α,β-unsaturated/α-hetero) is 1. The van der Waals surface area contributed by atoms with Gasteiger partial charge in [0.05, 0.1) is 0 Å². The van der Waals surface area contributed by atoms with Gasteiger partial charge in [-0.05, 0) is 0 Å². The van der Waals surface area contributed by atoms with E-state index in [1.54, 1.807) is 0 Å². The summed E-state index contributed by atoms with van der Waals surface area (Å²) >= 11 is -0.322. The molecule has 2 aliphatic carbocycles. The van der Waals surface area contributed by atoms with E-state index >= 15 is 9.59 Å². The van der Waals surface area contributed by atoms with Gasteiger partial charge in [0.1, 0.15) is 0 Å². The second-order valence-corrected chi connectivity index (χ2v) is 21.7. The number of unbranched alkanes of at least 4 members (excludes halogenated alkanes) is 1. The number of nitrogens with one attached hydrogen (secondary N) is 1. The second-order valence-electron chi connectivity index (χ2n) is 15.2. The zero-order chi connectivity index (χ0) is 37.9. The van der Waals surface area contributed by atoms with Gasteiger partial charge in [0.2, 0.25) is 0 Å². The second kappa shape index (κ2) is 15.4. The monoisotopic (exact) mass is 804 g/mol. The molecule has 0 heterocycles. The molecule has 0 radical (unpaired) electrons. The van der Waals surface area contributed by atoms with E-state index in [-0.39, 0.29) is 26.6 Å². The Morgan fingerprint density at radius 3 is 1.47 bits per heavy atom. The summed E-state index contributed by atoms with van der Waals surface area (Å²) in [6.45, 7) is 4.74. The fraction of sp³-hybridized carbons (Fsp3) is 0.200.